The quantitative estimate of drug-likeness (QED) is 0.851. The van der Waals surface area contributed by atoms with Crippen molar-refractivity contribution in [1.82, 2.24) is 0 Å². The fraction of sp³-hybridized carbons (Fsp3) is 0.143. The summed E-state index contributed by atoms with van der Waals surface area (Å²) in [4.78, 5) is 0.879. The van der Waals surface area contributed by atoms with Crippen molar-refractivity contribution in [3.8, 4) is 11.8 Å². The second-order valence-corrected chi connectivity index (χ2v) is 7.32. The van der Waals surface area contributed by atoms with Crippen LogP contribution >= 0.6 is 11.3 Å². The van der Waals surface area contributed by atoms with E-state index in [1.807, 2.05) is 6.92 Å². The second kappa shape index (κ2) is 6.26. The van der Waals surface area contributed by atoms with E-state index in [2.05, 4.69) is 16.6 Å². The lowest BCUT2D eigenvalue weighted by atomic mass is 10.2. The van der Waals surface area contributed by atoms with E-state index in [1.165, 1.54) is 18.2 Å². The summed E-state index contributed by atoms with van der Waals surface area (Å²) in [5.74, 6) is 4.17. The fourth-order valence-electron chi connectivity index (χ4n) is 1.58. The molecule has 0 bridgehead atoms. The largest absolute Gasteiger partial charge is 0.384 e. The number of sulfonamides is 1. The Morgan fingerprint density at radius 1 is 1.33 bits per heavy atom. The molecule has 2 aromatic rings. The second-order valence-electron chi connectivity index (χ2n) is 4.13. The molecule has 0 aliphatic carbocycles. The number of thiophene rings is 1. The van der Waals surface area contributed by atoms with Gasteiger partial charge in [-0.15, -0.1) is 11.3 Å². The number of aliphatic hydroxyl groups excluding tert-OH is 1. The maximum absolute atomic E-state index is 13.5. The lowest BCUT2D eigenvalue weighted by Gasteiger charge is -2.07. The third-order valence-electron chi connectivity index (χ3n) is 2.50. The monoisotopic (exact) mass is 325 g/mol. The number of hydrogen-bond donors (Lipinski definition) is 2. The number of halogens is 1. The first kappa shape index (κ1) is 15.5. The molecule has 7 heteroatoms. The molecular formula is C14H12FNO3S2. The minimum atomic E-state index is -3.69. The van der Waals surface area contributed by atoms with E-state index in [0.717, 1.165) is 22.3 Å². The zero-order valence-electron chi connectivity index (χ0n) is 11.1. The number of nitrogens with one attached hydrogen (secondary N) is 1. The number of hydrogen-bond acceptors (Lipinski definition) is 4. The van der Waals surface area contributed by atoms with Crippen LogP contribution in [0.1, 0.15) is 10.4 Å². The Hall–Kier alpha value is -1.88. The Kier molecular flexibility index (Phi) is 4.63. The molecule has 0 saturated carbocycles. The summed E-state index contributed by atoms with van der Waals surface area (Å²) in [5.41, 5.74) is 0.233. The van der Waals surface area contributed by atoms with Crippen LogP contribution in [0.25, 0.3) is 0 Å². The van der Waals surface area contributed by atoms with Crippen LogP contribution in [0.15, 0.2) is 34.5 Å². The Morgan fingerprint density at radius 3 is 2.71 bits per heavy atom. The lowest BCUT2D eigenvalue weighted by Crippen LogP contribution is -2.11. The smallest absolute Gasteiger partial charge is 0.271 e. The van der Waals surface area contributed by atoms with E-state index < -0.39 is 22.4 Å². The van der Waals surface area contributed by atoms with Crippen LogP contribution in [0.4, 0.5) is 10.1 Å². The fourth-order valence-corrected chi connectivity index (χ4v) is 3.91. The zero-order chi connectivity index (χ0) is 15.5. The van der Waals surface area contributed by atoms with Gasteiger partial charge in [0.15, 0.2) is 0 Å². The molecule has 1 aromatic heterocycles. The zero-order valence-corrected chi connectivity index (χ0v) is 12.7. The molecule has 0 radical (unpaired) electrons. The summed E-state index contributed by atoms with van der Waals surface area (Å²) in [6.45, 7) is 1.41. The van der Waals surface area contributed by atoms with Crippen molar-refractivity contribution in [3.05, 3.63) is 46.6 Å². The minimum absolute atomic E-state index is 0.0200. The summed E-state index contributed by atoms with van der Waals surface area (Å²) in [7, 11) is -3.69. The first-order chi connectivity index (χ1) is 9.92. The maximum atomic E-state index is 13.5. The van der Waals surface area contributed by atoms with Crippen molar-refractivity contribution >= 4 is 27.0 Å². The Labute approximate surface area is 126 Å². The predicted molar refractivity (Wildman–Crippen MR) is 80.2 cm³/mol. The van der Waals surface area contributed by atoms with Gasteiger partial charge in [-0.1, -0.05) is 11.8 Å². The Balaban J connectivity index is 2.31. The number of benzene rings is 1. The number of aliphatic hydroxyl groups is 1. The van der Waals surface area contributed by atoms with E-state index in [4.69, 9.17) is 5.11 Å². The van der Waals surface area contributed by atoms with Crippen molar-refractivity contribution in [2.45, 2.75) is 11.1 Å². The molecule has 1 heterocycles. The van der Waals surface area contributed by atoms with Crippen LogP contribution in [-0.4, -0.2) is 20.1 Å². The predicted octanol–water partition coefficient (Wildman–Crippen LogP) is 2.34. The summed E-state index contributed by atoms with van der Waals surface area (Å²) in [5, 5.41) is 8.62. The molecule has 0 saturated heterocycles. The molecule has 2 N–H and O–H groups in total. The van der Waals surface area contributed by atoms with Crippen molar-refractivity contribution in [2.24, 2.45) is 0 Å². The van der Waals surface area contributed by atoms with Gasteiger partial charge >= 0.3 is 0 Å². The molecule has 0 fully saturated rings. The van der Waals surface area contributed by atoms with Gasteiger partial charge in [-0.2, -0.15) is 0 Å². The molecule has 21 heavy (non-hydrogen) atoms. The molecule has 110 valence electrons. The first-order valence-electron chi connectivity index (χ1n) is 5.91. The molecule has 0 aliphatic rings. The van der Waals surface area contributed by atoms with Crippen molar-refractivity contribution in [3.63, 3.8) is 0 Å². The van der Waals surface area contributed by atoms with Crippen LogP contribution in [0.2, 0.25) is 0 Å². The molecular weight excluding hydrogens is 313 g/mol. The van der Waals surface area contributed by atoms with E-state index >= 15 is 0 Å². The van der Waals surface area contributed by atoms with Gasteiger partial charge < -0.3 is 5.11 Å². The Morgan fingerprint density at radius 2 is 2.10 bits per heavy atom. The molecule has 2 rings (SSSR count). The van der Waals surface area contributed by atoms with Gasteiger partial charge in [0.1, 0.15) is 16.6 Å². The highest BCUT2D eigenvalue weighted by Crippen LogP contribution is 2.24. The number of anilines is 1. The summed E-state index contributed by atoms with van der Waals surface area (Å²) >= 11 is 1.15. The topological polar surface area (TPSA) is 66.4 Å². The van der Waals surface area contributed by atoms with E-state index in [0.29, 0.717) is 0 Å². The molecule has 0 amide bonds. The van der Waals surface area contributed by atoms with E-state index in [-0.39, 0.29) is 15.5 Å². The van der Waals surface area contributed by atoms with E-state index in [9.17, 15) is 12.8 Å². The average Bonchev–Trinajstić information content (AvgIpc) is 2.86. The Bertz CT molecular complexity index is 816. The average molecular weight is 325 g/mol. The molecule has 1 aromatic carbocycles. The normalized spacial score (nSPS) is 10.8. The van der Waals surface area contributed by atoms with E-state index in [1.54, 1.807) is 6.07 Å². The molecule has 4 nitrogen and oxygen atoms in total. The highest BCUT2D eigenvalue weighted by Gasteiger charge is 2.16. The van der Waals surface area contributed by atoms with Gasteiger partial charge in [-0.05, 0) is 37.3 Å². The summed E-state index contributed by atoms with van der Waals surface area (Å²) < 4.78 is 40.4. The SMILES string of the molecule is Cc1ccc(S(=O)(=O)Nc2ccc(F)c(C#CCO)c2)s1. The molecule has 0 atom stereocenters. The van der Waals surface area contributed by atoms with Gasteiger partial charge in [0.25, 0.3) is 10.0 Å². The van der Waals surface area contributed by atoms with Crippen molar-refractivity contribution in [1.29, 1.82) is 0 Å². The third-order valence-corrected chi connectivity index (χ3v) is 5.38. The van der Waals surface area contributed by atoms with Gasteiger partial charge in [-0.3, -0.25) is 4.72 Å². The van der Waals surface area contributed by atoms with Crippen molar-refractivity contribution in [2.75, 3.05) is 11.3 Å². The van der Waals surface area contributed by atoms with Crippen LogP contribution in [0.3, 0.4) is 0 Å². The first-order valence-corrected chi connectivity index (χ1v) is 8.21. The van der Waals surface area contributed by atoms with Crippen LogP contribution in [0, 0.1) is 24.6 Å². The summed E-state index contributed by atoms with van der Waals surface area (Å²) in [6, 6.07) is 6.95. The third kappa shape index (κ3) is 3.82. The van der Waals surface area contributed by atoms with Crippen LogP contribution in [0.5, 0.6) is 0 Å². The number of aryl methyl sites for hydroxylation is 1. The van der Waals surface area contributed by atoms with Gasteiger partial charge in [0.05, 0.1) is 11.3 Å². The van der Waals surface area contributed by atoms with Crippen LogP contribution < -0.4 is 4.72 Å². The molecule has 0 unspecified atom stereocenters. The minimum Gasteiger partial charge on any atom is -0.384 e. The number of rotatable bonds is 3. The van der Waals surface area contributed by atoms with Gasteiger partial charge in [0, 0.05) is 4.88 Å². The standard InChI is InChI=1S/C14H12FNO3S2/c1-10-4-7-14(20-10)21(18,19)16-12-5-6-13(15)11(9-12)3-2-8-17/h4-7,9,16-17H,8H2,1H3. The molecule has 0 aliphatic heterocycles. The molecule has 0 spiro atoms. The van der Waals surface area contributed by atoms with Gasteiger partial charge in [-0.25, -0.2) is 12.8 Å². The highest BCUT2D eigenvalue weighted by atomic mass is 32.2. The van der Waals surface area contributed by atoms with Crippen LogP contribution in [-0.2, 0) is 10.0 Å². The highest BCUT2D eigenvalue weighted by molar-refractivity contribution is 7.94. The van der Waals surface area contributed by atoms with Crippen molar-refractivity contribution < 1.29 is 17.9 Å². The summed E-state index contributed by atoms with van der Waals surface area (Å²) in [6.07, 6.45) is 0. The maximum Gasteiger partial charge on any atom is 0.271 e. The lowest BCUT2D eigenvalue weighted by molar-refractivity contribution is 0.350. The van der Waals surface area contributed by atoms with Gasteiger partial charge in [0.2, 0.25) is 0 Å².